The van der Waals surface area contributed by atoms with Crippen LogP contribution in [0.15, 0.2) is 107 Å². The van der Waals surface area contributed by atoms with Crippen molar-refractivity contribution in [1.29, 1.82) is 0 Å². The van der Waals surface area contributed by atoms with Crippen LogP contribution in [0.2, 0.25) is 0 Å². The summed E-state index contributed by atoms with van der Waals surface area (Å²) in [6.45, 7) is 4.57. The van der Waals surface area contributed by atoms with Gasteiger partial charge in [0.25, 0.3) is 21.9 Å². The van der Waals surface area contributed by atoms with Gasteiger partial charge >= 0.3 is 6.03 Å². The molecule has 50 heavy (non-hydrogen) atoms. The molecular formula is C35H31F2IN4O7S. The Morgan fingerprint density at radius 1 is 0.880 bits per heavy atom. The number of imide groups is 2. The predicted molar refractivity (Wildman–Crippen MR) is 192 cm³/mol. The number of urea groups is 1. The Bertz CT molecular complexity index is 2000. The highest BCUT2D eigenvalue weighted by molar-refractivity contribution is 14.1. The van der Waals surface area contributed by atoms with Gasteiger partial charge in [-0.05, 0) is 90.9 Å². The van der Waals surface area contributed by atoms with Crippen LogP contribution in [0.4, 0.5) is 30.6 Å². The van der Waals surface area contributed by atoms with Gasteiger partial charge < -0.3 is 10.2 Å². The summed E-state index contributed by atoms with van der Waals surface area (Å²) in [5.41, 5.74) is 0.885. The summed E-state index contributed by atoms with van der Waals surface area (Å²) in [4.78, 5) is 55.7. The molecule has 0 atom stereocenters. The molecule has 5 amide bonds. The van der Waals surface area contributed by atoms with Crippen LogP contribution in [0.25, 0.3) is 0 Å². The number of allylic oxidation sites excluding steroid dienone is 5. The van der Waals surface area contributed by atoms with Crippen LogP contribution in [0.5, 0.6) is 0 Å². The highest BCUT2D eigenvalue weighted by Crippen LogP contribution is 2.48. The van der Waals surface area contributed by atoms with E-state index in [9.17, 15) is 40.9 Å². The third-order valence-corrected chi connectivity index (χ3v) is 9.75. The van der Waals surface area contributed by atoms with Crippen molar-refractivity contribution < 1.29 is 40.9 Å². The molecule has 2 heterocycles. The number of hydrogen-bond acceptors (Lipinski definition) is 7. The predicted octanol–water partition coefficient (Wildman–Crippen LogP) is 5.82. The Morgan fingerprint density at radius 2 is 1.42 bits per heavy atom. The van der Waals surface area contributed by atoms with E-state index in [-0.39, 0.29) is 22.2 Å². The minimum absolute atomic E-state index is 0.0121. The first-order chi connectivity index (χ1) is 23.6. The van der Waals surface area contributed by atoms with E-state index < -0.39 is 50.6 Å². The third kappa shape index (κ3) is 7.39. The zero-order chi connectivity index (χ0) is 36.4. The molecular weight excluding hydrogens is 785 g/mol. The smallest absolute Gasteiger partial charge is 0.343 e. The molecule has 2 aliphatic heterocycles. The van der Waals surface area contributed by atoms with Crippen molar-refractivity contribution in [2.75, 3.05) is 32.2 Å². The maximum Gasteiger partial charge on any atom is 0.343 e. The van der Waals surface area contributed by atoms with Gasteiger partial charge in [0.05, 0.1) is 20.7 Å². The Hall–Kier alpha value is -4.74. The summed E-state index contributed by atoms with van der Waals surface area (Å²) in [5, 5.41) is 2.82. The van der Waals surface area contributed by atoms with E-state index in [0.29, 0.717) is 40.9 Å². The second-order valence-electron chi connectivity index (χ2n) is 11.8. The number of carbonyl (C=O) groups is 4. The normalized spacial score (nSPS) is 16.8. The lowest BCUT2D eigenvalue weighted by atomic mass is 9.83. The van der Waals surface area contributed by atoms with Crippen LogP contribution >= 0.6 is 22.6 Å². The fraction of sp³-hybridized carbons (Fsp3) is 0.200. The van der Waals surface area contributed by atoms with Gasteiger partial charge in [-0.25, -0.2) is 23.4 Å². The minimum Gasteiger partial charge on any atom is -0.355 e. The maximum absolute atomic E-state index is 13.7. The SMILES string of the molecule is CC1(C)/C(=C\C=C\C=C2C(=O)N(c3ccc(F)cc3)C(=O)N(c3ccc(F)cc3)C2=O)N(CCCNC(=O)CI)c2ccc(S(=O)(=O)O)cc21. The van der Waals surface area contributed by atoms with E-state index in [1.807, 2.05) is 41.3 Å². The van der Waals surface area contributed by atoms with Crippen molar-refractivity contribution in [3.8, 4) is 0 Å². The first kappa shape index (κ1) is 36.5. The molecule has 0 spiro atoms. The number of nitrogens with one attached hydrogen (secondary N) is 1. The lowest BCUT2D eigenvalue weighted by molar-refractivity contribution is -0.121. The molecule has 3 aromatic rings. The Balaban J connectivity index is 1.52. The van der Waals surface area contributed by atoms with E-state index in [0.717, 1.165) is 34.1 Å². The Kier molecular flexibility index (Phi) is 10.7. The number of anilines is 3. The maximum atomic E-state index is 13.7. The Labute approximate surface area is 300 Å². The molecule has 5 rings (SSSR count). The number of barbiturate groups is 1. The summed E-state index contributed by atoms with van der Waals surface area (Å²) in [6.07, 6.45) is 6.51. The molecule has 0 unspecified atom stereocenters. The van der Waals surface area contributed by atoms with Crippen LogP contribution in [-0.4, -0.2) is 54.2 Å². The number of rotatable bonds is 10. The molecule has 1 fully saturated rings. The highest BCUT2D eigenvalue weighted by Gasteiger charge is 2.44. The van der Waals surface area contributed by atoms with Gasteiger partial charge in [-0.1, -0.05) is 48.6 Å². The standard InChI is InChI=1S/C35H31F2IN4O7S/c1-35(2)28-20-26(50(47,48)49)16-17-29(28)40(19-5-18-39-31(43)21-38)30(35)7-4-3-6-27-32(44)41(24-12-8-22(36)9-13-24)34(46)42(33(27)45)25-14-10-23(37)11-15-25/h3-4,6-17,20H,5,18-19,21H2,1-2H3,(H,39,43)(H,47,48,49)/b4-3+,30-7+. The molecule has 2 N–H and O–H groups in total. The van der Waals surface area contributed by atoms with Crippen molar-refractivity contribution in [1.82, 2.24) is 5.32 Å². The van der Waals surface area contributed by atoms with E-state index in [1.165, 1.54) is 48.6 Å². The molecule has 0 saturated carbocycles. The lowest BCUT2D eigenvalue weighted by Gasteiger charge is -2.33. The molecule has 2 aliphatic rings. The Morgan fingerprint density at radius 3 is 1.94 bits per heavy atom. The van der Waals surface area contributed by atoms with Gasteiger partial charge in [0.15, 0.2) is 0 Å². The number of fused-ring (bicyclic) bond motifs is 1. The van der Waals surface area contributed by atoms with E-state index in [4.69, 9.17) is 0 Å². The largest absolute Gasteiger partial charge is 0.355 e. The number of benzene rings is 3. The second kappa shape index (κ2) is 14.6. The summed E-state index contributed by atoms with van der Waals surface area (Å²) >= 11 is 1.96. The van der Waals surface area contributed by atoms with Gasteiger partial charge in [0, 0.05) is 29.9 Å². The first-order valence-corrected chi connectivity index (χ1v) is 18.2. The lowest BCUT2D eigenvalue weighted by Crippen LogP contribution is -2.57. The molecule has 0 aliphatic carbocycles. The van der Waals surface area contributed by atoms with E-state index in [2.05, 4.69) is 5.32 Å². The fourth-order valence-electron chi connectivity index (χ4n) is 5.75. The molecule has 0 radical (unpaired) electrons. The zero-order valence-electron chi connectivity index (χ0n) is 26.8. The van der Waals surface area contributed by atoms with Crippen molar-refractivity contribution >= 4 is 73.5 Å². The quantitative estimate of drug-likeness (QED) is 0.0652. The van der Waals surface area contributed by atoms with Crippen molar-refractivity contribution in [2.45, 2.75) is 30.6 Å². The van der Waals surface area contributed by atoms with Gasteiger partial charge in [-0.3, -0.25) is 18.9 Å². The van der Waals surface area contributed by atoms with Crippen LogP contribution in [0.1, 0.15) is 25.8 Å². The van der Waals surface area contributed by atoms with Crippen LogP contribution in [0, 0.1) is 11.6 Å². The fourth-order valence-corrected chi connectivity index (χ4v) is 6.53. The second-order valence-corrected chi connectivity index (χ2v) is 14.0. The van der Waals surface area contributed by atoms with Gasteiger partial charge in [0.1, 0.15) is 17.2 Å². The van der Waals surface area contributed by atoms with Crippen molar-refractivity contribution in [3.05, 3.63) is 120 Å². The topological polar surface area (TPSA) is 144 Å². The number of alkyl halides is 1. The van der Waals surface area contributed by atoms with Crippen LogP contribution in [0.3, 0.4) is 0 Å². The number of carbonyl (C=O) groups excluding carboxylic acids is 4. The summed E-state index contributed by atoms with van der Waals surface area (Å²) < 4.78 is 61.3. The highest BCUT2D eigenvalue weighted by atomic mass is 127. The first-order valence-electron chi connectivity index (χ1n) is 15.2. The molecule has 1 saturated heterocycles. The molecule has 15 heteroatoms. The average Bonchev–Trinajstić information content (AvgIpc) is 3.28. The number of hydrogen-bond donors (Lipinski definition) is 2. The zero-order valence-corrected chi connectivity index (χ0v) is 29.7. The van der Waals surface area contributed by atoms with Crippen molar-refractivity contribution in [2.24, 2.45) is 0 Å². The van der Waals surface area contributed by atoms with Gasteiger partial charge in [0.2, 0.25) is 5.91 Å². The van der Waals surface area contributed by atoms with Crippen LogP contribution < -0.4 is 20.0 Å². The summed E-state index contributed by atoms with van der Waals surface area (Å²) in [7, 11) is -4.49. The number of nitrogens with zero attached hydrogens (tertiary/aromatic N) is 3. The average molecular weight is 817 g/mol. The van der Waals surface area contributed by atoms with E-state index >= 15 is 0 Å². The van der Waals surface area contributed by atoms with Gasteiger partial charge in [-0.2, -0.15) is 8.42 Å². The van der Waals surface area contributed by atoms with E-state index in [1.54, 1.807) is 18.2 Å². The number of halogens is 3. The third-order valence-electron chi connectivity index (χ3n) is 8.21. The monoisotopic (exact) mass is 816 g/mol. The minimum atomic E-state index is -4.49. The van der Waals surface area contributed by atoms with Crippen LogP contribution in [-0.2, 0) is 29.9 Å². The molecule has 3 aromatic carbocycles. The van der Waals surface area contributed by atoms with Gasteiger partial charge in [-0.15, -0.1) is 0 Å². The molecule has 0 aromatic heterocycles. The summed E-state index contributed by atoms with van der Waals surface area (Å²) in [5.74, 6) is -3.22. The number of amides is 5. The molecule has 0 bridgehead atoms. The summed E-state index contributed by atoms with van der Waals surface area (Å²) in [6, 6.07) is 12.4. The molecule has 11 nitrogen and oxygen atoms in total. The van der Waals surface area contributed by atoms with Crippen molar-refractivity contribution in [3.63, 3.8) is 0 Å². The molecule has 260 valence electrons.